The van der Waals surface area contributed by atoms with Crippen LogP contribution in [0.4, 0.5) is 11.6 Å². The maximum atomic E-state index is 5.68. The van der Waals surface area contributed by atoms with Gasteiger partial charge in [-0.2, -0.15) is 0 Å². The Hall–Kier alpha value is -2.45. The lowest BCUT2D eigenvalue weighted by Gasteiger charge is -2.39. The third kappa shape index (κ3) is 5.96. The van der Waals surface area contributed by atoms with Gasteiger partial charge in [0.1, 0.15) is 0 Å². The molecule has 8 heteroatoms. The number of aromatic nitrogens is 3. The lowest BCUT2D eigenvalue weighted by atomic mass is 10.1. The minimum Gasteiger partial charge on any atom is -0.478 e. The number of nitrogens with zero attached hydrogens (tertiary/aromatic N) is 5. The van der Waals surface area contributed by atoms with E-state index >= 15 is 0 Å². The van der Waals surface area contributed by atoms with Crippen molar-refractivity contribution in [2.24, 2.45) is 0 Å². The van der Waals surface area contributed by atoms with Crippen LogP contribution in [-0.2, 0) is 4.74 Å². The smallest absolute Gasteiger partial charge is 0.257 e. The third-order valence-electron chi connectivity index (χ3n) is 6.31. The zero-order valence-corrected chi connectivity index (χ0v) is 22.0. The second kappa shape index (κ2) is 12.3. The molecule has 2 aromatic rings. The van der Waals surface area contributed by atoms with Gasteiger partial charge in [0.2, 0.25) is 0 Å². The Labute approximate surface area is 205 Å². The van der Waals surface area contributed by atoms with Crippen LogP contribution in [0.5, 0.6) is 5.88 Å². The van der Waals surface area contributed by atoms with E-state index in [1.54, 1.807) is 7.11 Å². The summed E-state index contributed by atoms with van der Waals surface area (Å²) in [7, 11) is 1.65. The summed E-state index contributed by atoms with van der Waals surface area (Å²) in [4.78, 5) is 15.0. The van der Waals surface area contributed by atoms with E-state index in [0.717, 1.165) is 80.6 Å². The molecule has 188 valence electrons. The van der Waals surface area contributed by atoms with E-state index < -0.39 is 0 Å². The van der Waals surface area contributed by atoms with Crippen molar-refractivity contribution in [3.05, 3.63) is 23.5 Å². The number of aryl methyl sites for hydroxylation is 1. The van der Waals surface area contributed by atoms with Gasteiger partial charge in [-0.25, -0.2) is 20.0 Å². The van der Waals surface area contributed by atoms with Gasteiger partial charge in [0.15, 0.2) is 11.6 Å². The van der Waals surface area contributed by atoms with Crippen molar-refractivity contribution in [1.82, 2.24) is 20.0 Å². The van der Waals surface area contributed by atoms with Crippen LogP contribution < -0.4 is 15.1 Å². The van der Waals surface area contributed by atoms with Gasteiger partial charge in [-0.05, 0) is 44.2 Å². The number of rotatable bonds is 11. The van der Waals surface area contributed by atoms with Crippen LogP contribution in [0.25, 0.3) is 11.3 Å². The van der Waals surface area contributed by atoms with Crippen molar-refractivity contribution in [3.63, 3.8) is 0 Å². The highest BCUT2D eigenvalue weighted by Crippen LogP contribution is 2.35. The number of anilines is 2. The zero-order chi connectivity index (χ0) is 24.7. The summed E-state index contributed by atoms with van der Waals surface area (Å²) in [5.74, 6) is 2.47. The van der Waals surface area contributed by atoms with Crippen LogP contribution in [0.15, 0.2) is 12.1 Å². The monoisotopic (exact) mass is 470 g/mol. The molecule has 0 atom stereocenters. The van der Waals surface area contributed by atoms with E-state index in [1.165, 1.54) is 0 Å². The number of methoxy groups -OCH3 is 1. The first-order valence-electron chi connectivity index (χ1n) is 12.7. The molecular formula is C26H42N6O2. The van der Waals surface area contributed by atoms with Gasteiger partial charge < -0.3 is 14.8 Å². The summed E-state index contributed by atoms with van der Waals surface area (Å²) in [6.45, 7) is 16.9. The number of hydrazine groups is 1. The van der Waals surface area contributed by atoms with E-state index in [2.05, 4.69) is 62.1 Å². The number of ether oxygens (including phenoxy) is 2. The first-order valence-corrected chi connectivity index (χ1v) is 12.7. The van der Waals surface area contributed by atoms with Gasteiger partial charge in [-0.1, -0.05) is 34.6 Å². The summed E-state index contributed by atoms with van der Waals surface area (Å²) in [5, 5.41) is 8.17. The molecule has 1 aliphatic rings. The molecule has 0 aliphatic carbocycles. The molecule has 0 aromatic carbocycles. The fourth-order valence-corrected chi connectivity index (χ4v) is 4.24. The Morgan fingerprint density at radius 1 is 1.09 bits per heavy atom. The van der Waals surface area contributed by atoms with Gasteiger partial charge in [-0.3, -0.25) is 5.01 Å². The molecule has 2 aromatic heterocycles. The van der Waals surface area contributed by atoms with E-state index in [1.807, 2.05) is 6.92 Å². The molecule has 0 unspecified atom stereocenters. The average molecular weight is 471 g/mol. The normalized spacial score (nSPS) is 14.6. The summed E-state index contributed by atoms with van der Waals surface area (Å²) in [6.07, 6.45) is 3.04. The molecule has 8 nitrogen and oxygen atoms in total. The van der Waals surface area contributed by atoms with Crippen LogP contribution >= 0.6 is 0 Å². The number of hydrogen-bond donors (Lipinski definition) is 1. The lowest BCUT2D eigenvalue weighted by molar-refractivity contribution is 0.0313. The SMILES string of the molecule is CCCN(c1nc(C(C)C)ccc1-c1nc(OC)c(NC(CC)CC)nc1C)N1CCOCC1. The first-order chi connectivity index (χ1) is 16.4. The number of nitrogens with one attached hydrogen (secondary N) is 1. The molecular weight excluding hydrogens is 428 g/mol. The summed E-state index contributed by atoms with van der Waals surface area (Å²) in [5.41, 5.74) is 3.70. The fourth-order valence-electron chi connectivity index (χ4n) is 4.24. The highest BCUT2D eigenvalue weighted by atomic mass is 16.5. The minimum atomic E-state index is 0.328. The summed E-state index contributed by atoms with van der Waals surface area (Å²) >= 11 is 0. The van der Waals surface area contributed by atoms with Crippen LogP contribution in [0.3, 0.4) is 0 Å². The molecule has 3 rings (SSSR count). The van der Waals surface area contributed by atoms with Gasteiger partial charge >= 0.3 is 0 Å². The van der Waals surface area contributed by atoms with E-state index in [4.69, 9.17) is 24.4 Å². The fraction of sp³-hybridized carbons (Fsp3) is 0.654. The molecule has 1 aliphatic heterocycles. The van der Waals surface area contributed by atoms with Crippen LogP contribution in [0.1, 0.15) is 71.2 Å². The minimum absolute atomic E-state index is 0.328. The lowest BCUT2D eigenvalue weighted by Crippen LogP contribution is -2.50. The van der Waals surface area contributed by atoms with Gasteiger partial charge in [-0.15, -0.1) is 0 Å². The topological polar surface area (TPSA) is 75.6 Å². The molecule has 1 N–H and O–H groups in total. The Morgan fingerprint density at radius 2 is 1.79 bits per heavy atom. The third-order valence-corrected chi connectivity index (χ3v) is 6.31. The average Bonchev–Trinajstić information content (AvgIpc) is 2.86. The maximum absolute atomic E-state index is 5.68. The number of pyridine rings is 1. The molecule has 1 fully saturated rings. The predicted molar refractivity (Wildman–Crippen MR) is 139 cm³/mol. The van der Waals surface area contributed by atoms with Crippen molar-refractivity contribution in [2.75, 3.05) is 50.3 Å². The van der Waals surface area contributed by atoms with Crippen LogP contribution in [0.2, 0.25) is 0 Å². The second-order valence-electron chi connectivity index (χ2n) is 9.12. The molecule has 1 saturated heterocycles. The van der Waals surface area contributed by atoms with Crippen molar-refractivity contribution >= 4 is 11.6 Å². The van der Waals surface area contributed by atoms with Crippen molar-refractivity contribution in [3.8, 4) is 17.1 Å². The largest absolute Gasteiger partial charge is 0.478 e. The van der Waals surface area contributed by atoms with E-state index in [9.17, 15) is 0 Å². The van der Waals surface area contributed by atoms with E-state index in [-0.39, 0.29) is 0 Å². The molecule has 0 radical (unpaired) electrons. The van der Waals surface area contributed by atoms with Crippen LogP contribution in [-0.4, -0.2) is 66.0 Å². The Kier molecular flexibility index (Phi) is 9.47. The highest BCUT2D eigenvalue weighted by Gasteiger charge is 2.26. The van der Waals surface area contributed by atoms with Gasteiger partial charge in [0.05, 0.1) is 31.7 Å². The van der Waals surface area contributed by atoms with Crippen molar-refractivity contribution in [2.45, 2.75) is 72.8 Å². The molecule has 3 heterocycles. The highest BCUT2D eigenvalue weighted by molar-refractivity contribution is 5.76. The molecule has 34 heavy (non-hydrogen) atoms. The first kappa shape index (κ1) is 26.2. The standard InChI is InChI=1S/C26H42N6O2/c1-8-13-32(31-14-16-34-17-15-31)25-21(11-12-22(29-25)18(4)5)23-19(6)27-24(26(30-23)33-7)28-20(9-2)10-3/h11-12,18,20H,8-10,13-17H2,1-7H3,(H,27,28). The van der Waals surface area contributed by atoms with Crippen molar-refractivity contribution in [1.29, 1.82) is 0 Å². The van der Waals surface area contributed by atoms with Crippen LogP contribution in [0, 0.1) is 6.92 Å². The molecule has 0 saturated carbocycles. The molecule has 0 spiro atoms. The Balaban J connectivity index is 2.12. The van der Waals surface area contributed by atoms with Crippen molar-refractivity contribution < 1.29 is 9.47 Å². The van der Waals surface area contributed by atoms with Gasteiger partial charge in [0.25, 0.3) is 5.88 Å². The van der Waals surface area contributed by atoms with Gasteiger partial charge in [0, 0.05) is 36.9 Å². The quantitative estimate of drug-likeness (QED) is 0.489. The summed E-state index contributed by atoms with van der Waals surface area (Å²) < 4.78 is 11.3. The zero-order valence-electron chi connectivity index (χ0n) is 22.0. The predicted octanol–water partition coefficient (Wildman–Crippen LogP) is 5.04. The molecule has 0 amide bonds. The Morgan fingerprint density at radius 3 is 2.38 bits per heavy atom. The summed E-state index contributed by atoms with van der Waals surface area (Å²) in [6, 6.07) is 4.58. The maximum Gasteiger partial charge on any atom is 0.257 e. The second-order valence-corrected chi connectivity index (χ2v) is 9.12. The van der Waals surface area contributed by atoms with E-state index in [0.29, 0.717) is 23.7 Å². The number of morpholine rings is 1. The molecule has 0 bridgehead atoms. The Bertz CT molecular complexity index is 926. The number of hydrogen-bond acceptors (Lipinski definition) is 8.